The molecule has 0 unspecified atom stereocenters. The second kappa shape index (κ2) is 6.23. The van der Waals surface area contributed by atoms with Gasteiger partial charge in [0.05, 0.1) is 6.20 Å². The minimum absolute atomic E-state index is 0.0385. The lowest BCUT2D eigenvalue weighted by Gasteiger charge is -2.16. The molecule has 1 aromatic heterocycles. The van der Waals surface area contributed by atoms with Gasteiger partial charge >= 0.3 is 0 Å². The van der Waals surface area contributed by atoms with Gasteiger partial charge in [-0.25, -0.2) is 0 Å². The minimum Gasteiger partial charge on any atom is -0.484 e. The minimum atomic E-state index is -0.0653. The third-order valence-corrected chi connectivity index (χ3v) is 3.24. The molecule has 0 aliphatic heterocycles. The molecule has 0 radical (unpaired) electrons. The molecule has 5 nitrogen and oxygen atoms in total. The van der Waals surface area contributed by atoms with Crippen molar-refractivity contribution in [3.63, 3.8) is 0 Å². The van der Waals surface area contributed by atoms with Crippen molar-refractivity contribution in [1.29, 1.82) is 0 Å². The number of hydrogen-bond acceptors (Lipinski definition) is 3. The number of nitrogens with zero attached hydrogens (tertiary/aromatic N) is 2. The highest BCUT2D eigenvalue weighted by atomic mass is 16.5. The molecule has 1 aromatic carbocycles. The van der Waals surface area contributed by atoms with Gasteiger partial charge in [0.1, 0.15) is 5.75 Å². The Kier molecular flexibility index (Phi) is 4.40. The number of nitrogens with one attached hydrogen (secondary N) is 1. The molecule has 0 bridgehead atoms. The molecule has 0 aliphatic carbocycles. The predicted molar refractivity (Wildman–Crippen MR) is 76.5 cm³/mol. The van der Waals surface area contributed by atoms with E-state index in [1.807, 2.05) is 32.0 Å². The summed E-state index contributed by atoms with van der Waals surface area (Å²) in [5, 5.41) is 6.58. The number of carbonyl (C=O) groups is 1. The molecule has 1 heterocycles. The van der Waals surface area contributed by atoms with Gasteiger partial charge in [0.25, 0.3) is 5.91 Å². The maximum absolute atomic E-state index is 12.0. The number of hydrogen-bond donors (Lipinski definition) is 1. The highest BCUT2D eigenvalue weighted by Gasteiger charge is 2.10. The molecular weight excluding hydrogens is 254 g/mol. The maximum atomic E-state index is 12.0. The Labute approximate surface area is 118 Å². The van der Waals surface area contributed by atoms with Gasteiger partial charge in [0.2, 0.25) is 0 Å². The first-order valence-corrected chi connectivity index (χ1v) is 6.48. The summed E-state index contributed by atoms with van der Waals surface area (Å²) in [6.45, 7) is 4.63. The maximum Gasteiger partial charge on any atom is 0.260 e. The van der Waals surface area contributed by atoms with Crippen LogP contribution in [0.15, 0.2) is 30.6 Å². The number of likely N-dealkylation sites (N-methyl/N-ethyl adjacent to an activating group) is 1. The van der Waals surface area contributed by atoms with Crippen molar-refractivity contribution in [1.82, 2.24) is 15.1 Å². The standard InChI is InChI=1S/C15H19N3O2/c1-11-4-5-14(6-12(11)2)20-10-15(19)18(3)9-13-7-16-17-8-13/h4-8H,9-10H2,1-3H3,(H,16,17). The fourth-order valence-corrected chi connectivity index (χ4v) is 1.79. The first kappa shape index (κ1) is 14.1. The van der Waals surface area contributed by atoms with E-state index in [0.717, 1.165) is 16.9 Å². The van der Waals surface area contributed by atoms with E-state index in [0.29, 0.717) is 6.54 Å². The number of carbonyl (C=O) groups excluding carboxylic acids is 1. The van der Waals surface area contributed by atoms with Gasteiger partial charge in [-0.05, 0) is 37.1 Å². The molecule has 1 N–H and O–H groups in total. The molecular formula is C15H19N3O2. The third kappa shape index (κ3) is 3.60. The number of aromatic nitrogens is 2. The van der Waals surface area contributed by atoms with E-state index in [1.165, 1.54) is 5.56 Å². The summed E-state index contributed by atoms with van der Waals surface area (Å²) < 4.78 is 5.53. The fourth-order valence-electron chi connectivity index (χ4n) is 1.79. The van der Waals surface area contributed by atoms with Crippen molar-refractivity contribution < 1.29 is 9.53 Å². The van der Waals surface area contributed by atoms with Crippen molar-refractivity contribution in [2.24, 2.45) is 0 Å². The highest BCUT2D eigenvalue weighted by molar-refractivity contribution is 5.77. The van der Waals surface area contributed by atoms with E-state index in [1.54, 1.807) is 24.3 Å². The zero-order chi connectivity index (χ0) is 14.5. The summed E-state index contributed by atoms with van der Waals surface area (Å²) in [5.74, 6) is 0.655. The van der Waals surface area contributed by atoms with Crippen LogP contribution in [-0.2, 0) is 11.3 Å². The van der Waals surface area contributed by atoms with Gasteiger partial charge in [-0.15, -0.1) is 0 Å². The molecule has 0 saturated carbocycles. The van der Waals surface area contributed by atoms with Crippen LogP contribution in [0.3, 0.4) is 0 Å². The zero-order valence-corrected chi connectivity index (χ0v) is 12.0. The Bertz CT molecular complexity index is 579. The van der Waals surface area contributed by atoms with Crippen LogP contribution < -0.4 is 4.74 Å². The third-order valence-electron chi connectivity index (χ3n) is 3.24. The number of aromatic amines is 1. The fraction of sp³-hybridized carbons (Fsp3) is 0.333. The molecule has 1 amide bonds. The Morgan fingerprint density at radius 3 is 2.80 bits per heavy atom. The van der Waals surface area contributed by atoms with Crippen LogP contribution in [-0.4, -0.2) is 34.7 Å². The topological polar surface area (TPSA) is 58.2 Å². The Hall–Kier alpha value is -2.30. The molecule has 5 heteroatoms. The normalized spacial score (nSPS) is 10.3. The highest BCUT2D eigenvalue weighted by Crippen LogP contribution is 2.16. The number of benzene rings is 1. The Morgan fingerprint density at radius 1 is 1.35 bits per heavy atom. The summed E-state index contributed by atoms with van der Waals surface area (Å²) in [7, 11) is 1.75. The van der Waals surface area contributed by atoms with Crippen molar-refractivity contribution in [3.8, 4) is 5.75 Å². The van der Waals surface area contributed by atoms with Gasteiger partial charge < -0.3 is 9.64 Å². The van der Waals surface area contributed by atoms with Gasteiger partial charge in [-0.3, -0.25) is 9.89 Å². The lowest BCUT2D eigenvalue weighted by molar-refractivity contribution is -0.132. The molecule has 2 aromatic rings. The van der Waals surface area contributed by atoms with E-state index < -0.39 is 0 Å². The number of amides is 1. The van der Waals surface area contributed by atoms with Crippen LogP contribution in [0.2, 0.25) is 0 Å². The van der Waals surface area contributed by atoms with Crippen LogP contribution >= 0.6 is 0 Å². The van der Waals surface area contributed by atoms with Crippen LogP contribution in [0.4, 0.5) is 0 Å². The molecule has 0 atom stereocenters. The Balaban J connectivity index is 1.86. The average Bonchev–Trinajstić information content (AvgIpc) is 2.92. The number of aryl methyl sites for hydroxylation is 2. The average molecular weight is 273 g/mol. The molecule has 0 fully saturated rings. The van der Waals surface area contributed by atoms with E-state index in [4.69, 9.17) is 4.74 Å². The van der Waals surface area contributed by atoms with E-state index >= 15 is 0 Å². The Morgan fingerprint density at radius 2 is 2.15 bits per heavy atom. The molecule has 20 heavy (non-hydrogen) atoms. The largest absolute Gasteiger partial charge is 0.484 e. The van der Waals surface area contributed by atoms with Gasteiger partial charge in [-0.2, -0.15) is 5.10 Å². The van der Waals surface area contributed by atoms with Crippen molar-refractivity contribution in [2.45, 2.75) is 20.4 Å². The smallest absolute Gasteiger partial charge is 0.260 e. The van der Waals surface area contributed by atoms with Crippen molar-refractivity contribution >= 4 is 5.91 Å². The summed E-state index contributed by atoms with van der Waals surface area (Å²) in [5.41, 5.74) is 3.33. The summed E-state index contributed by atoms with van der Waals surface area (Å²) in [4.78, 5) is 13.6. The number of H-pyrrole nitrogens is 1. The summed E-state index contributed by atoms with van der Waals surface area (Å²) in [6, 6.07) is 5.81. The van der Waals surface area contributed by atoms with E-state index in [9.17, 15) is 4.79 Å². The van der Waals surface area contributed by atoms with E-state index in [-0.39, 0.29) is 12.5 Å². The zero-order valence-electron chi connectivity index (χ0n) is 12.0. The number of ether oxygens (including phenoxy) is 1. The van der Waals surface area contributed by atoms with Crippen LogP contribution in [0.1, 0.15) is 16.7 Å². The van der Waals surface area contributed by atoms with Crippen LogP contribution in [0.5, 0.6) is 5.75 Å². The quantitative estimate of drug-likeness (QED) is 0.907. The van der Waals surface area contributed by atoms with Gasteiger partial charge in [0.15, 0.2) is 6.61 Å². The van der Waals surface area contributed by atoms with Crippen molar-refractivity contribution in [2.75, 3.05) is 13.7 Å². The monoisotopic (exact) mass is 273 g/mol. The molecule has 2 rings (SSSR count). The summed E-state index contributed by atoms with van der Waals surface area (Å²) >= 11 is 0. The first-order valence-electron chi connectivity index (χ1n) is 6.48. The lowest BCUT2D eigenvalue weighted by Crippen LogP contribution is -2.30. The lowest BCUT2D eigenvalue weighted by atomic mass is 10.1. The second-order valence-electron chi connectivity index (χ2n) is 4.89. The second-order valence-corrected chi connectivity index (χ2v) is 4.89. The van der Waals surface area contributed by atoms with E-state index in [2.05, 4.69) is 10.2 Å². The van der Waals surface area contributed by atoms with Crippen molar-refractivity contribution in [3.05, 3.63) is 47.3 Å². The predicted octanol–water partition coefficient (Wildman–Crippen LogP) is 2.06. The van der Waals surface area contributed by atoms with Crippen LogP contribution in [0.25, 0.3) is 0 Å². The van der Waals surface area contributed by atoms with Crippen LogP contribution in [0, 0.1) is 13.8 Å². The molecule has 0 spiro atoms. The van der Waals surface area contributed by atoms with Gasteiger partial charge in [-0.1, -0.05) is 6.07 Å². The summed E-state index contributed by atoms with van der Waals surface area (Å²) in [6.07, 6.45) is 3.47. The molecule has 0 aliphatic rings. The molecule has 0 saturated heterocycles. The first-order chi connectivity index (χ1) is 9.56. The number of rotatable bonds is 5. The SMILES string of the molecule is Cc1ccc(OCC(=O)N(C)Cc2cn[nH]c2)cc1C. The molecule has 106 valence electrons. The van der Waals surface area contributed by atoms with Gasteiger partial charge in [0, 0.05) is 25.4 Å².